The Morgan fingerprint density at radius 1 is 1.52 bits per heavy atom. The summed E-state index contributed by atoms with van der Waals surface area (Å²) in [4.78, 5) is 28.0. The summed E-state index contributed by atoms with van der Waals surface area (Å²) in [7, 11) is 0. The van der Waals surface area contributed by atoms with Crippen molar-refractivity contribution < 1.29 is 14.5 Å². The molecule has 0 aromatic carbocycles. The minimum atomic E-state index is -0.558. The second kappa shape index (κ2) is 5.88. The molecule has 7 nitrogen and oxygen atoms in total. The lowest BCUT2D eigenvalue weighted by Crippen LogP contribution is -2.36. The molecular formula is C13H17N3O4S. The minimum absolute atomic E-state index is 0.0643. The number of rotatable bonds is 2. The number of hydrogen-bond acceptors (Lipinski definition) is 6. The van der Waals surface area contributed by atoms with Crippen LogP contribution in [0.2, 0.25) is 0 Å². The van der Waals surface area contributed by atoms with E-state index in [2.05, 4.69) is 4.98 Å². The zero-order valence-electron chi connectivity index (χ0n) is 12.1. The van der Waals surface area contributed by atoms with Gasteiger partial charge in [-0.1, -0.05) is 0 Å². The third-order valence-corrected chi connectivity index (χ3v) is 3.98. The number of thioether (sulfide) groups is 1. The Hall–Kier alpha value is -1.83. The predicted octanol–water partition coefficient (Wildman–Crippen LogP) is 2.97. The zero-order chi connectivity index (χ0) is 15.6. The fourth-order valence-corrected chi connectivity index (χ4v) is 3.08. The molecule has 1 saturated heterocycles. The van der Waals surface area contributed by atoms with Gasteiger partial charge in [0.1, 0.15) is 17.2 Å². The van der Waals surface area contributed by atoms with Crippen LogP contribution in [-0.4, -0.2) is 38.8 Å². The normalized spacial score (nSPS) is 18.6. The third kappa shape index (κ3) is 3.84. The first-order valence-corrected chi connectivity index (χ1v) is 7.54. The van der Waals surface area contributed by atoms with Crippen LogP contribution in [0.5, 0.6) is 0 Å². The van der Waals surface area contributed by atoms with Crippen molar-refractivity contribution in [1.29, 1.82) is 0 Å². The quantitative estimate of drug-likeness (QED) is 0.616. The molecule has 2 heterocycles. The number of nitro groups is 1. The van der Waals surface area contributed by atoms with E-state index in [1.165, 1.54) is 12.3 Å². The Balaban J connectivity index is 2.14. The van der Waals surface area contributed by atoms with E-state index in [-0.39, 0.29) is 11.1 Å². The standard InChI is InChI=1S/C13H17N3O4S/c1-13(2,3)20-12(17)15-6-7-21-11(15)10-5-4-9(8-14-10)16(18)19/h4-5,8,11H,6-7H2,1-3H3. The molecule has 0 bridgehead atoms. The van der Waals surface area contributed by atoms with Crippen molar-refractivity contribution in [2.75, 3.05) is 12.3 Å². The summed E-state index contributed by atoms with van der Waals surface area (Å²) >= 11 is 1.56. The minimum Gasteiger partial charge on any atom is -0.444 e. The molecule has 1 aliphatic rings. The topological polar surface area (TPSA) is 85.6 Å². The Morgan fingerprint density at radius 3 is 2.76 bits per heavy atom. The number of nitrogens with zero attached hydrogens (tertiary/aromatic N) is 3. The van der Waals surface area contributed by atoms with Gasteiger partial charge in [0, 0.05) is 18.4 Å². The SMILES string of the molecule is CC(C)(C)OC(=O)N1CCSC1c1ccc([N+](=O)[O-])cn1. The van der Waals surface area contributed by atoms with E-state index in [0.29, 0.717) is 12.2 Å². The average molecular weight is 311 g/mol. The van der Waals surface area contributed by atoms with Crippen molar-refractivity contribution >= 4 is 23.5 Å². The van der Waals surface area contributed by atoms with Crippen molar-refractivity contribution in [1.82, 2.24) is 9.88 Å². The van der Waals surface area contributed by atoms with Crippen LogP contribution in [0.1, 0.15) is 31.8 Å². The molecule has 0 aliphatic carbocycles. The highest BCUT2D eigenvalue weighted by Gasteiger charge is 2.34. The van der Waals surface area contributed by atoms with E-state index >= 15 is 0 Å². The molecule has 2 rings (SSSR count). The number of aromatic nitrogens is 1. The number of ether oxygens (including phenoxy) is 1. The molecule has 1 aromatic rings. The van der Waals surface area contributed by atoms with Crippen LogP contribution in [0.4, 0.5) is 10.5 Å². The lowest BCUT2D eigenvalue weighted by atomic mass is 10.2. The summed E-state index contributed by atoms with van der Waals surface area (Å²) in [5, 5.41) is 10.4. The van der Waals surface area contributed by atoms with Crippen LogP contribution in [0.3, 0.4) is 0 Å². The Morgan fingerprint density at radius 2 is 2.24 bits per heavy atom. The third-order valence-electron chi connectivity index (χ3n) is 2.75. The maximum absolute atomic E-state index is 12.2. The van der Waals surface area contributed by atoms with Gasteiger partial charge in [0.25, 0.3) is 5.69 Å². The zero-order valence-corrected chi connectivity index (χ0v) is 12.9. The second-order valence-electron chi connectivity index (χ2n) is 5.60. The largest absolute Gasteiger partial charge is 0.444 e. The van der Waals surface area contributed by atoms with Gasteiger partial charge >= 0.3 is 6.09 Å². The van der Waals surface area contributed by atoms with Crippen molar-refractivity contribution in [2.24, 2.45) is 0 Å². The summed E-state index contributed by atoms with van der Waals surface area (Å²) in [6.45, 7) is 6.01. The highest BCUT2D eigenvalue weighted by molar-refractivity contribution is 7.99. The summed E-state index contributed by atoms with van der Waals surface area (Å²) in [6.07, 6.45) is 0.819. The monoisotopic (exact) mass is 311 g/mol. The Labute approximate surface area is 126 Å². The van der Waals surface area contributed by atoms with Crippen molar-refractivity contribution in [3.8, 4) is 0 Å². The molecule has 0 saturated carbocycles. The van der Waals surface area contributed by atoms with Gasteiger partial charge in [-0.3, -0.25) is 20.0 Å². The highest BCUT2D eigenvalue weighted by atomic mass is 32.2. The highest BCUT2D eigenvalue weighted by Crippen LogP contribution is 2.38. The maximum atomic E-state index is 12.2. The van der Waals surface area contributed by atoms with E-state index < -0.39 is 16.6 Å². The molecule has 1 unspecified atom stereocenters. The van der Waals surface area contributed by atoms with Crippen LogP contribution >= 0.6 is 11.8 Å². The first-order chi connectivity index (χ1) is 9.78. The van der Waals surface area contributed by atoms with E-state index in [4.69, 9.17) is 4.74 Å². The molecule has 1 aliphatic heterocycles. The first kappa shape index (κ1) is 15.6. The Kier molecular flexibility index (Phi) is 4.36. The maximum Gasteiger partial charge on any atom is 0.411 e. The summed E-state index contributed by atoms with van der Waals surface area (Å²) in [6, 6.07) is 2.98. The predicted molar refractivity (Wildman–Crippen MR) is 79.0 cm³/mol. The van der Waals surface area contributed by atoms with Crippen molar-refractivity contribution in [2.45, 2.75) is 31.7 Å². The van der Waals surface area contributed by atoms with Crippen LogP contribution in [0, 0.1) is 10.1 Å². The van der Waals surface area contributed by atoms with Gasteiger partial charge in [-0.25, -0.2) is 4.79 Å². The average Bonchev–Trinajstić information content (AvgIpc) is 2.86. The molecule has 1 atom stereocenters. The molecule has 0 spiro atoms. The van der Waals surface area contributed by atoms with E-state index in [1.54, 1.807) is 22.7 Å². The fraction of sp³-hybridized carbons (Fsp3) is 0.538. The van der Waals surface area contributed by atoms with Gasteiger partial charge in [0.05, 0.1) is 10.6 Å². The molecular weight excluding hydrogens is 294 g/mol. The van der Waals surface area contributed by atoms with Gasteiger partial charge in [0.2, 0.25) is 0 Å². The summed E-state index contributed by atoms with van der Waals surface area (Å²) < 4.78 is 5.37. The Bertz CT molecular complexity index is 541. The number of hydrogen-bond donors (Lipinski definition) is 0. The van der Waals surface area contributed by atoms with Crippen LogP contribution < -0.4 is 0 Å². The van der Waals surface area contributed by atoms with Gasteiger partial charge in [-0.15, -0.1) is 11.8 Å². The van der Waals surface area contributed by atoms with E-state index in [1.807, 2.05) is 20.8 Å². The molecule has 1 fully saturated rings. The molecule has 0 radical (unpaired) electrons. The van der Waals surface area contributed by atoms with Gasteiger partial charge < -0.3 is 4.74 Å². The molecule has 0 N–H and O–H groups in total. The number of pyridine rings is 1. The first-order valence-electron chi connectivity index (χ1n) is 6.49. The van der Waals surface area contributed by atoms with E-state index in [9.17, 15) is 14.9 Å². The lowest BCUT2D eigenvalue weighted by molar-refractivity contribution is -0.385. The number of carbonyl (C=O) groups excluding carboxylic acids is 1. The lowest BCUT2D eigenvalue weighted by Gasteiger charge is -2.27. The van der Waals surface area contributed by atoms with Crippen molar-refractivity contribution in [3.05, 3.63) is 34.1 Å². The second-order valence-corrected chi connectivity index (χ2v) is 6.78. The molecule has 1 aromatic heterocycles. The summed E-state index contributed by atoms with van der Waals surface area (Å²) in [5.41, 5.74) is -0.00263. The molecule has 21 heavy (non-hydrogen) atoms. The number of carbonyl (C=O) groups is 1. The number of amides is 1. The van der Waals surface area contributed by atoms with Gasteiger partial charge in [-0.2, -0.15) is 0 Å². The van der Waals surface area contributed by atoms with Crippen LogP contribution in [0.15, 0.2) is 18.3 Å². The van der Waals surface area contributed by atoms with E-state index in [0.717, 1.165) is 5.75 Å². The molecule has 8 heteroatoms. The smallest absolute Gasteiger partial charge is 0.411 e. The fourth-order valence-electron chi connectivity index (χ4n) is 1.87. The van der Waals surface area contributed by atoms with Crippen molar-refractivity contribution in [3.63, 3.8) is 0 Å². The molecule has 1 amide bonds. The van der Waals surface area contributed by atoms with Gasteiger partial charge in [-0.05, 0) is 26.8 Å². The van der Waals surface area contributed by atoms with Gasteiger partial charge in [0.15, 0.2) is 0 Å². The van der Waals surface area contributed by atoms with Crippen LogP contribution in [0.25, 0.3) is 0 Å². The summed E-state index contributed by atoms with van der Waals surface area (Å²) in [5.74, 6) is 0.780. The molecule has 114 valence electrons. The van der Waals surface area contributed by atoms with Crippen LogP contribution in [-0.2, 0) is 4.74 Å².